The number of amides is 1. The van der Waals surface area contributed by atoms with Crippen LogP contribution in [0.25, 0.3) is 0 Å². The lowest BCUT2D eigenvalue weighted by molar-refractivity contribution is 0.0299. The van der Waals surface area contributed by atoms with Crippen molar-refractivity contribution in [2.75, 3.05) is 51.4 Å². The highest BCUT2D eigenvalue weighted by Crippen LogP contribution is 2.17. The third-order valence-electron chi connectivity index (χ3n) is 4.27. The molecule has 1 N–H and O–H groups in total. The van der Waals surface area contributed by atoms with E-state index in [4.69, 9.17) is 9.47 Å². The van der Waals surface area contributed by atoms with E-state index in [0.29, 0.717) is 43.7 Å². The Morgan fingerprint density at radius 1 is 1.26 bits per heavy atom. The Morgan fingerprint density at radius 3 is 2.91 bits per heavy atom. The van der Waals surface area contributed by atoms with Crippen LogP contribution in [0.15, 0.2) is 12.4 Å². The topological polar surface area (TPSA) is 76.6 Å². The highest BCUT2D eigenvalue weighted by molar-refractivity contribution is 5.92. The van der Waals surface area contributed by atoms with Crippen molar-refractivity contribution in [3.05, 3.63) is 18.1 Å². The van der Waals surface area contributed by atoms with E-state index in [1.807, 2.05) is 0 Å². The van der Waals surface area contributed by atoms with Crippen molar-refractivity contribution in [1.29, 1.82) is 0 Å². The molecule has 7 heteroatoms. The van der Waals surface area contributed by atoms with Crippen LogP contribution in [0.2, 0.25) is 0 Å². The monoisotopic (exact) mass is 320 g/mol. The van der Waals surface area contributed by atoms with Gasteiger partial charge in [0.15, 0.2) is 0 Å². The summed E-state index contributed by atoms with van der Waals surface area (Å²) >= 11 is 0. The lowest BCUT2D eigenvalue weighted by Gasteiger charge is -2.26. The van der Waals surface area contributed by atoms with Gasteiger partial charge in [-0.3, -0.25) is 9.78 Å². The third kappa shape index (κ3) is 4.62. The summed E-state index contributed by atoms with van der Waals surface area (Å²) in [5, 5.41) is 3.27. The minimum absolute atomic E-state index is 0.0786. The Labute approximate surface area is 136 Å². The van der Waals surface area contributed by atoms with Crippen LogP contribution >= 0.6 is 0 Å². The van der Waals surface area contributed by atoms with Gasteiger partial charge in [0.1, 0.15) is 11.5 Å². The second-order valence-electron chi connectivity index (χ2n) is 5.99. The minimum Gasteiger partial charge on any atom is -0.381 e. The number of morpholine rings is 1. The lowest BCUT2D eigenvalue weighted by Crippen LogP contribution is -2.41. The van der Waals surface area contributed by atoms with Gasteiger partial charge in [-0.25, -0.2) is 4.98 Å². The molecule has 2 aliphatic heterocycles. The normalized spacial score (nSPS) is 21.9. The van der Waals surface area contributed by atoms with Crippen molar-refractivity contribution >= 4 is 11.7 Å². The average molecular weight is 320 g/mol. The van der Waals surface area contributed by atoms with E-state index in [2.05, 4.69) is 15.3 Å². The predicted molar refractivity (Wildman–Crippen MR) is 85.4 cm³/mol. The minimum atomic E-state index is -0.0786. The fourth-order valence-corrected chi connectivity index (χ4v) is 2.92. The zero-order chi connectivity index (χ0) is 15.9. The van der Waals surface area contributed by atoms with Gasteiger partial charge in [-0.2, -0.15) is 0 Å². The number of aromatic nitrogens is 2. The van der Waals surface area contributed by atoms with Gasteiger partial charge in [-0.15, -0.1) is 0 Å². The van der Waals surface area contributed by atoms with E-state index in [0.717, 1.165) is 32.6 Å². The maximum Gasteiger partial charge on any atom is 0.274 e. The summed E-state index contributed by atoms with van der Waals surface area (Å²) in [5.74, 6) is 1.19. The molecule has 0 unspecified atom stereocenters. The van der Waals surface area contributed by atoms with Crippen molar-refractivity contribution in [3.63, 3.8) is 0 Å². The first kappa shape index (κ1) is 16.1. The van der Waals surface area contributed by atoms with E-state index >= 15 is 0 Å². The Morgan fingerprint density at radius 2 is 2.13 bits per heavy atom. The molecular weight excluding hydrogens is 296 g/mol. The predicted octanol–water partition coefficient (Wildman–Crippen LogP) is 1.18. The molecule has 1 aromatic rings. The molecule has 126 valence electrons. The second kappa shape index (κ2) is 8.21. The third-order valence-corrected chi connectivity index (χ3v) is 4.27. The van der Waals surface area contributed by atoms with Crippen LogP contribution in [-0.4, -0.2) is 66.8 Å². The molecule has 2 fully saturated rings. The van der Waals surface area contributed by atoms with Crippen LogP contribution in [0, 0.1) is 5.92 Å². The van der Waals surface area contributed by atoms with E-state index in [1.54, 1.807) is 11.1 Å². The fraction of sp³-hybridized carbons (Fsp3) is 0.688. The smallest absolute Gasteiger partial charge is 0.274 e. The van der Waals surface area contributed by atoms with Crippen molar-refractivity contribution in [1.82, 2.24) is 14.9 Å². The maximum atomic E-state index is 12.4. The molecule has 7 nitrogen and oxygen atoms in total. The highest BCUT2D eigenvalue weighted by atomic mass is 16.5. The Balaban J connectivity index is 1.51. The van der Waals surface area contributed by atoms with Crippen molar-refractivity contribution < 1.29 is 14.3 Å². The summed E-state index contributed by atoms with van der Waals surface area (Å²) in [6.07, 6.45) is 6.60. The fourth-order valence-electron chi connectivity index (χ4n) is 2.92. The molecule has 2 aliphatic rings. The molecule has 3 rings (SSSR count). The van der Waals surface area contributed by atoms with Gasteiger partial charge < -0.3 is 19.7 Å². The zero-order valence-electron chi connectivity index (χ0n) is 13.4. The lowest BCUT2D eigenvalue weighted by atomic mass is 9.99. The van der Waals surface area contributed by atoms with Crippen molar-refractivity contribution in [2.24, 2.45) is 5.92 Å². The molecule has 0 aromatic carbocycles. The van der Waals surface area contributed by atoms with E-state index in [-0.39, 0.29) is 5.91 Å². The SMILES string of the molecule is O=C(c1cncc(NCC[C@@H]2CCCOC2)n1)N1CCOCC1. The summed E-state index contributed by atoms with van der Waals surface area (Å²) in [6, 6.07) is 0. The molecule has 0 spiro atoms. The second-order valence-corrected chi connectivity index (χ2v) is 5.99. The van der Waals surface area contributed by atoms with Gasteiger partial charge in [0, 0.05) is 32.8 Å². The van der Waals surface area contributed by atoms with Crippen LogP contribution in [0.3, 0.4) is 0 Å². The number of rotatable bonds is 5. The molecule has 1 atom stereocenters. The number of ether oxygens (including phenoxy) is 2. The van der Waals surface area contributed by atoms with Crippen LogP contribution in [0.1, 0.15) is 29.8 Å². The van der Waals surface area contributed by atoms with Crippen LogP contribution in [-0.2, 0) is 9.47 Å². The largest absolute Gasteiger partial charge is 0.381 e. The first-order chi connectivity index (χ1) is 11.3. The molecule has 2 saturated heterocycles. The number of hydrogen-bond acceptors (Lipinski definition) is 6. The molecule has 0 radical (unpaired) electrons. The highest BCUT2D eigenvalue weighted by Gasteiger charge is 2.20. The summed E-state index contributed by atoms with van der Waals surface area (Å²) in [7, 11) is 0. The van der Waals surface area contributed by atoms with E-state index in [9.17, 15) is 4.79 Å². The maximum absolute atomic E-state index is 12.4. The molecule has 23 heavy (non-hydrogen) atoms. The molecule has 0 aliphatic carbocycles. The number of anilines is 1. The molecular formula is C16H24N4O3. The first-order valence-corrected chi connectivity index (χ1v) is 8.33. The summed E-state index contributed by atoms with van der Waals surface area (Å²) in [4.78, 5) is 22.7. The number of nitrogens with zero attached hydrogens (tertiary/aromatic N) is 3. The summed E-state index contributed by atoms with van der Waals surface area (Å²) < 4.78 is 10.8. The van der Waals surface area contributed by atoms with E-state index < -0.39 is 0 Å². The Kier molecular flexibility index (Phi) is 5.76. The Hall–Kier alpha value is -1.73. The number of nitrogens with one attached hydrogen (secondary N) is 1. The quantitative estimate of drug-likeness (QED) is 0.878. The van der Waals surface area contributed by atoms with Crippen molar-refractivity contribution in [3.8, 4) is 0 Å². The van der Waals surface area contributed by atoms with Crippen LogP contribution in [0.5, 0.6) is 0 Å². The van der Waals surface area contributed by atoms with Gasteiger partial charge in [-0.1, -0.05) is 0 Å². The van der Waals surface area contributed by atoms with E-state index in [1.165, 1.54) is 12.6 Å². The molecule has 0 bridgehead atoms. The summed E-state index contributed by atoms with van der Waals surface area (Å²) in [6.45, 7) is 4.95. The summed E-state index contributed by atoms with van der Waals surface area (Å²) in [5.41, 5.74) is 0.387. The van der Waals surface area contributed by atoms with Gasteiger partial charge >= 0.3 is 0 Å². The zero-order valence-corrected chi connectivity index (χ0v) is 13.4. The first-order valence-electron chi connectivity index (χ1n) is 8.33. The van der Waals surface area contributed by atoms with Gasteiger partial charge in [-0.05, 0) is 25.2 Å². The van der Waals surface area contributed by atoms with Crippen LogP contribution in [0.4, 0.5) is 5.82 Å². The van der Waals surface area contributed by atoms with Gasteiger partial charge in [0.05, 0.1) is 25.6 Å². The van der Waals surface area contributed by atoms with Gasteiger partial charge in [0.2, 0.25) is 0 Å². The standard InChI is InChI=1S/C16H24N4O3/c21-16(20-5-8-22-9-6-20)14-10-17-11-15(19-14)18-4-3-13-2-1-7-23-12-13/h10-11,13H,1-9,12H2,(H,18,19)/t13-/m0/s1. The van der Waals surface area contributed by atoms with Gasteiger partial charge in [0.25, 0.3) is 5.91 Å². The molecule has 3 heterocycles. The van der Waals surface area contributed by atoms with Crippen LogP contribution < -0.4 is 5.32 Å². The van der Waals surface area contributed by atoms with Crippen molar-refractivity contribution in [2.45, 2.75) is 19.3 Å². The number of carbonyl (C=O) groups is 1. The molecule has 1 aromatic heterocycles. The molecule has 1 amide bonds. The molecule has 0 saturated carbocycles. The Bertz CT molecular complexity index is 514. The average Bonchev–Trinajstić information content (AvgIpc) is 2.63. The number of hydrogen-bond donors (Lipinski definition) is 1. The number of carbonyl (C=O) groups excluding carboxylic acids is 1.